The number of anilines is 1. The van der Waals surface area contributed by atoms with Crippen LogP contribution in [0.4, 0.5) is 5.69 Å². The van der Waals surface area contributed by atoms with E-state index in [0.717, 1.165) is 30.2 Å². The molecular formula is C28H48N2O2. The zero-order valence-electron chi connectivity index (χ0n) is 22.3. The molecule has 1 heterocycles. The Kier molecular flexibility index (Phi) is 24.0. The maximum atomic E-state index is 5.74. The number of allylic oxidation sites excluding steroid dienone is 4. The van der Waals surface area contributed by atoms with Crippen LogP contribution < -0.4 is 15.8 Å². The Hall–Kier alpha value is -2.88. The van der Waals surface area contributed by atoms with Gasteiger partial charge in [0.15, 0.2) is 0 Å². The molecule has 182 valence electrons. The van der Waals surface area contributed by atoms with Crippen molar-refractivity contribution in [2.75, 3.05) is 12.8 Å². The molecule has 0 saturated carbocycles. The average Bonchev–Trinajstić information content (AvgIpc) is 3.31. The fourth-order valence-corrected chi connectivity index (χ4v) is 2.14. The minimum Gasteiger partial charge on any atom is -0.495 e. The first-order valence-electron chi connectivity index (χ1n) is 11.4. The van der Waals surface area contributed by atoms with E-state index in [1.54, 1.807) is 13.4 Å². The van der Waals surface area contributed by atoms with Crippen molar-refractivity contribution >= 4 is 11.3 Å². The van der Waals surface area contributed by atoms with Crippen molar-refractivity contribution in [1.82, 2.24) is 5.32 Å². The van der Waals surface area contributed by atoms with Crippen molar-refractivity contribution in [2.45, 2.75) is 75.3 Å². The molecule has 0 unspecified atom stereocenters. The van der Waals surface area contributed by atoms with E-state index in [-0.39, 0.29) is 0 Å². The molecule has 4 heteroatoms. The molecule has 3 N–H and O–H groups in total. The van der Waals surface area contributed by atoms with Gasteiger partial charge in [0, 0.05) is 5.70 Å². The maximum Gasteiger partial charge on any atom is 0.142 e. The van der Waals surface area contributed by atoms with E-state index < -0.39 is 0 Å². The summed E-state index contributed by atoms with van der Waals surface area (Å²) in [6.45, 7) is 26.0. The molecule has 1 aromatic carbocycles. The molecule has 0 radical (unpaired) electrons. The number of nitrogen functional groups attached to an aromatic ring is 1. The fourth-order valence-electron chi connectivity index (χ4n) is 2.14. The first-order chi connectivity index (χ1) is 15.2. The molecule has 1 aromatic heterocycles. The van der Waals surface area contributed by atoms with Gasteiger partial charge in [-0.25, -0.2) is 0 Å². The van der Waals surface area contributed by atoms with Crippen LogP contribution in [0.3, 0.4) is 0 Å². The lowest BCUT2D eigenvalue weighted by molar-refractivity contribution is 0.417. The number of hydrogen-bond acceptors (Lipinski definition) is 4. The van der Waals surface area contributed by atoms with Crippen molar-refractivity contribution in [3.63, 3.8) is 0 Å². The van der Waals surface area contributed by atoms with Crippen molar-refractivity contribution in [2.24, 2.45) is 0 Å². The van der Waals surface area contributed by atoms with Gasteiger partial charge in [-0.05, 0) is 69.5 Å². The molecule has 4 nitrogen and oxygen atoms in total. The van der Waals surface area contributed by atoms with Crippen LogP contribution in [0.25, 0.3) is 5.57 Å². The molecule has 0 fully saturated rings. The maximum absolute atomic E-state index is 5.74. The summed E-state index contributed by atoms with van der Waals surface area (Å²) in [6.07, 6.45) is 4.80. The largest absolute Gasteiger partial charge is 0.495 e. The van der Waals surface area contributed by atoms with Crippen LogP contribution >= 0.6 is 0 Å². The van der Waals surface area contributed by atoms with Crippen LogP contribution in [0.1, 0.15) is 80.1 Å². The zero-order chi connectivity index (χ0) is 25.5. The summed E-state index contributed by atoms with van der Waals surface area (Å²) in [6, 6.07) is 9.68. The molecular weight excluding hydrogens is 396 g/mol. The highest BCUT2D eigenvalue weighted by Gasteiger charge is 2.03. The standard InChI is InChI=1S/C12H17NO.C8H11NO.C4H8.2C2H6/c1-4-9(5-2)10-6-7-11(13)12(8-10)14-3;1-7(2)9-6-8-4-3-5-10-8;1-4(2)3;2*1-2/h4,6-8H,5,13H2,1-3H3;3-5,9H,1,6H2,2H3;1H2,2-3H3;2*1-2H3/b9-4+;;;;. The number of ether oxygens (including phenoxy) is 1. The molecule has 0 bridgehead atoms. The predicted octanol–water partition coefficient (Wildman–Crippen LogP) is 8.63. The third-order valence-electron chi connectivity index (χ3n) is 3.48. The third kappa shape index (κ3) is 17.9. The van der Waals surface area contributed by atoms with Gasteiger partial charge in [0.25, 0.3) is 0 Å². The predicted molar refractivity (Wildman–Crippen MR) is 145 cm³/mol. The second-order valence-corrected chi connectivity index (χ2v) is 6.54. The first-order valence-corrected chi connectivity index (χ1v) is 11.4. The fraction of sp³-hybridized carbons (Fsp3) is 0.429. The molecule has 0 spiro atoms. The Labute approximate surface area is 198 Å². The molecule has 0 amide bonds. The molecule has 0 atom stereocenters. The Balaban J connectivity index is -0.000000408. The van der Waals surface area contributed by atoms with E-state index in [2.05, 4.69) is 31.5 Å². The summed E-state index contributed by atoms with van der Waals surface area (Å²) in [7, 11) is 1.64. The van der Waals surface area contributed by atoms with Crippen molar-refractivity contribution in [1.29, 1.82) is 0 Å². The van der Waals surface area contributed by atoms with Crippen molar-refractivity contribution in [3.05, 3.63) is 78.4 Å². The van der Waals surface area contributed by atoms with Crippen molar-refractivity contribution in [3.8, 4) is 5.75 Å². The number of hydrogen-bond donors (Lipinski definition) is 2. The lowest BCUT2D eigenvalue weighted by Crippen LogP contribution is -2.08. The van der Waals surface area contributed by atoms with Gasteiger partial charge in [-0.3, -0.25) is 0 Å². The normalized spacial score (nSPS) is 9.12. The summed E-state index contributed by atoms with van der Waals surface area (Å²) in [5.41, 5.74) is 11.0. The Bertz CT molecular complexity index is 741. The van der Waals surface area contributed by atoms with E-state index in [9.17, 15) is 0 Å². The lowest BCUT2D eigenvalue weighted by Gasteiger charge is -2.08. The highest BCUT2D eigenvalue weighted by molar-refractivity contribution is 5.69. The van der Waals surface area contributed by atoms with Crippen LogP contribution in [-0.4, -0.2) is 7.11 Å². The average molecular weight is 445 g/mol. The first kappa shape index (κ1) is 33.8. The van der Waals surface area contributed by atoms with Crippen LogP contribution in [0.15, 0.2) is 71.5 Å². The quantitative estimate of drug-likeness (QED) is 0.346. The van der Waals surface area contributed by atoms with Gasteiger partial charge in [0.2, 0.25) is 0 Å². The van der Waals surface area contributed by atoms with Gasteiger partial charge >= 0.3 is 0 Å². The van der Waals surface area contributed by atoms with Crippen LogP contribution in [0, 0.1) is 0 Å². The highest BCUT2D eigenvalue weighted by atomic mass is 16.5. The van der Waals surface area contributed by atoms with E-state index in [1.165, 1.54) is 16.7 Å². The van der Waals surface area contributed by atoms with Gasteiger partial charge in [0.1, 0.15) is 11.5 Å². The third-order valence-corrected chi connectivity index (χ3v) is 3.48. The Morgan fingerprint density at radius 2 is 1.66 bits per heavy atom. The van der Waals surface area contributed by atoms with E-state index >= 15 is 0 Å². The molecule has 0 saturated heterocycles. The van der Waals surface area contributed by atoms with Gasteiger partial charge in [0.05, 0.1) is 25.6 Å². The molecule has 0 aliphatic rings. The van der Waals surface area contributed by atoms with Crippen LogP contribution in [-0.2, 0) is 6.54 Å². The summed E-state index contributed by atoms with van der Waals surface area (Å²) in [5.74, 6) is 1.68. The number of nitrogens with two attached hydrogens (primary N) is 1. The number of furan rings is 1. The smallest absolute Gasteiger partial charge is 0.142 e. The number of methoxy groups -OCH3 is 1. The summed E-state index contributed by atoms with van der Waals surface area (Å²) >= 11 is 0. The van der Waals surface area contributed by atoms with Gasteiger partial charge < -0.3 is 20.2 Å². The summed E-state index contributed by atoms with van der Waals surface area (Å²) < 4.78 is 10.3. The van der Waals surface area contributed by atoms with E-state index in [1.807, 2.05) is 85.7 Å². The van der Waals surface area contributed by atoms with Gasteiger partial charge in [-0.1, -0.05) is 58.9 Å². The van der Waals surface area contributed by atoms with E-state index in [0.29, 0.717) is 5.69 Å². The Morgan fingerprint density at radius 3 is 2.03 bits per heavy atom. The van der Waals surface area contributed by atoms with Crippen LogP contribution in [0.5, 0.6) is 5.75 Å². The monoisotopic (exact) mass is 444 g/mol. The Morgan fingerprint density at radius 1 is 1.09 bits per heavy atom. The molecule has 2 aromatic rings. The molecule has 2 rings (SSSR count). The minimum absolute atomic E-state index is 0.683. The number of rotatable bonds is 6. The van der Waals surface area contributed by atoms with Gasteiger partial charge in [-0.2, -0.15) is 0 Å². The lowest BCUT2D eigenvalue weighted by atomic mass is 10.0. The summed E-state index contributed by atoms with van der Waals surface area (Å²) in [4.78, 5) is 0. The second-order valence-electron chi connectivity index (χ2n) is 6.54. The second kappa shape index (κ2) is 22.8. The minimum atomic E-state index is 0.683. The zero-order valence-corrected chi connectivity index (χ0v) is 22.3. The number of nitrogens with one attached hydrogen (secondary N) is 1. The summed E-state index contributed by atoms with van der Waals surface area (Å²) in [5, 5.41) is 3.06. The SMILES string of the molecule is C/C=C(\CC)c1ccc(N)c(OC)c1.C=C(C)C.C=C(C)NCc1ccco1.CC.CC. The highest BCUT2D eigenvalue weighted by Crippen LogP contribution is 2.27. The molecule has 32 heavy (non-hydrogen) atoms. The van der Waals surface area contributed by atoms with Crippen molar-refractivity contribution < 1.29 is 9.15 Å². The molecule has 0 aliphatic carbocycles. The number of benzene rings is 1. The topological polar surface area (TPSA) is 60.4 Å². The van der Waals surface area contributed by atoms with Gasteiger partial charge in [-0.15, -0.1) is 6.58 Å². The molecule has 0 aliphatic heterocycles. The van der Waals surface area contributed by atoms with E-state index in [4.69, 9.17) is 14.9 Å². The van der Waals surface area contributed by atoms with Crippen LogP contribution in [0.2, 0.25) is 0 Å².